The molecular weight excluding hydrogens is 487 g/mol. The standard InChI is InChI=1S/C32H20F3NO2/c33-32(34,35)28-14-6-13-27-29(26(20-36-30(27)28)19-21-7-2-1-3-8-21)24-11-4-9-22(17-24)15-16-23-10-5-12-25(18-23)31(37)38/h1-14,17-18,20H,19H2,(H,37,38). The van der Waals surface area contributed by atoms with E-state index in [0.29, 0.717) is 34.1 Å². The van der Waals surface area contributed by atoms with E-state index in [9.17, 15) is 23.1 Å². The van der Waals surface area contributed by atoms with Gasteiger partial charge in [-0.2, -0.15) is 13.2 Å². The summed E-state index contributed by atoms with van der Waals surface area (Å²) < 4.78 is 41.4. The summed E-state index contributed by atoms with van der Waals surface area (Å²) in [4.78, 5) is 15.5. The van der Waals surface area contributed by atoms with Crippen molar-refractivity contribution in [3.8, 4) is 23.0 Å². The molecular formula is C32H20F3NO2. The van der Waals surface area contributed by atoms with Crippen molar-refractivity contribution in [2.24, 2.45) is 0 Å². The van der Waals surface area contributed by atoms with E-state index < -0.39 is 17.7 Å². The molecule has 0 unspecified atom stereocenters. The summed E-state index contributed by atoms with van der Waals surface area (Å²) in [6.45, 7) is 0. The SMILES string of the molecule is O=C(O)c1cccc(C#Cc2cccc(-c3c(Cc4ccccc4)cnc4c(C(F)(F)F)cccc34)c2)c1. The number of carbonyl (C=O) groups is 1. The molecule has 0 saturated carbocycles. The van der Waals surface area contributed by atoms with Crippen LogP contribution in [0.3, 0.4) is 0 Å². The van der Waals surface area contributed by atoms with Gasteiger partial charge in [0.25, 0.3) is 0 Å². The largest absolute Gasteiger partial charge is 0.478 e. The second-order valence-corrected chi connectivity index (χ2v) is 8.74. The van der Waals surface area contributed by atoms with Gasteiger partial charge in [-0.15, -0.1) is 0 Å². The molecule has 0 aliphatic carbocycles. The van der Waals surface area contributed by atoms with E-state index in [4.69, 9.17) is 0 Å². The van der Waals surface area contributed by atoms with Crippen molar-refractivity contribution >= 4 is 16.9 Å². The number of hydrogen-bond donors (Lipinski definition) is 1. The normalized spacial score (nSPS) is 11.1. The lowest BCUT2D eigenvalue weighted by atomic mass is 9.91. The van der Waals surface area contributed by atoms with Gasteiger partial charge in [0.2, 0.25) is 0 Å². The summed E-state index contributed by atoms with van der Waals surface area (Å²) in [5.74, 6) is 5.00. The van der Waals surface area contributed by atoms with Crippen LogP contribution < -0.4 is 0 Å². The fraction of sp³-hybridized carbons (Fsp3) is 0.0625. The number of para-hydroxylation sites is 1. The van der Waals surface area contributed by atoms with Gasteiger partial charge in [0.1, 0.15) is 0 Å². The summed E-state index contributed by atoms with van der Waals surface area (Å²) in [7, 11) is 0. The zero-order valence-corrected chi connectivity index (χ0v) is 20.0. The topological polar surface area (TPSA) is 50.2 Å². The van der Waals surface area contributed by atoms with Crippen molar-refractivity contribution < 1.29 is 23.1 Å². The van der Waals surface area contributed by atoms with Crippen LogP contribution in [-0.4, -0.2) is 16.1 Å². The van der Waals surface area contributed by atoms with Gasteiger partial charge in [0.15, 0.2) is 0 Å². The average Bonchev–Trinajstić information content (AvgIpc) is 2.92. The maximum atomic E-state index is 13.8. The maximum Gasteiger partial charge on any atom is 0.418 e. The molecule has 38 heavy (non-hydrogen) atoms. The first-order valence-electron chi connectivity index (χ1n) is 11.8. The number of carboxylic acids is 1. The number of pyridine rings is 1. The first-order chi connectivity index (χ1) is 18.3. The van der Waals surface area contributed by atoms with Crippen LogP contribution in [0.2, 0.25) is 0 Å². The van der Waals surface area contributed by atoms with Gasteiger partial charge >= 0.3 is 12.1 Å². The van der Waals surface area contributed by atoms with Crippen molar-refractivity contribution in [3.63, 3.8) is 0 Å². The molecule has 5 rings (SSSR count). The highest BCUT2D eigenvalue weighted by Gasteiger charge is 2.33. The minimum absolute atomic E-state index is 0.103. The third kappa shape index (κ3) is 5.28. The number of fused-ring (bicyclic) bond motifs is 1. The summed E-state index contributed by atoms with van der Waals surface area (Å²) in [5.41, 5.74) is 3.63. The van der Waals surface area contributed by atoms with Gasteiger partial charge in [0.05, 0.1) is 16.6 Å². The van der Waals surface area contributed by atoms with Crippen LogP contribution in [0.25, 0.3) is 22.0 Å². The molecule has 0 spiro atoms. The van der Waals surface area contributed by atoms with Gasteiger partial charge in [0, 0.05) is 22.7 Å². The molecule has 1 heterocycles. The first kappa shape index (κ1) is 24.8. The zero-order chi connectivity index (χ0) is 26.7. The first-order valence-corrected chi connectivity index (χ1v) is 11.8. The molecule has 5 aromatic rings. The molecule has 0 aliphatic heterocycles. The highest BCUT2D eigenvalue weighted by molar-refractivity contribution is 5.98. The second-order valence-electron chi connectivity index (χ2n) is 8.74. The Labute approximate surface area is 217 Å². The molecule has 0 atom stereocenters. The lowest BCUT2D eigenvalue weighted by Crippen LogP contribution is -2.07. The number of aromatic nitrogens is 1. The van der Waals surface area contributed by atoms with Gasteiger partial charge < -0.3 is 5.11 Å². The van der Waals surface area contributed by atoms with E-state index in [0.717, 1.165) is 17.2 Å². The average molecular weight is 508 g/mol. The van der Waals surface area contributed by atoms with Crippen LogP contribution in [-0.2, 0) is 12.6 Å². The molecule has 0 radical (unpaired) electrons. The Hall–Kier alpha value is -4.89. The lowest BCUT2D eigenvalue weighted by molar-refractivity contribution is -0.136. The number of halogens is 3. The molecule has 0 aliphatic rings. The smallest absolute Gasteiger partial charge is 0.418 e. The third-order valence-corrected chi connectivity index (χ3v) is 6.13. The fourth-order valence-corrected chi connectivity index (χ4v) is 4.41. The van der Waals surface area contributed by atoms with Crippen LogP contribution in [0, 0.1) is 11.8 Å². The number of aromatic carboxylic acids is 1. The van der Waals surface area contributed by atoms with Crippen molar-refractivity contribution in [2.45, 2.75) is 12.6 Å². The van der Waals surface area contributed by atoms with Crippen LogP contribution in [0.15, 0.2) is 103 Å². The van der Waals surface area contributed by atoms with Gasteiger partial charge in [-0.3, -0.25) is 4.98 Å². The van der Waals surface area contributed by atoms with Crippen LogP contribution in [0.4, 0.5) is 13.2 Å². The quantitative estimate of drug-likeness (QED) is 0.255. The highest BCUT2D eigenvalue weighted by Crippen LogP contribution is 2.39. The maximum absolute atomic E-state index is 13.8. The molecule has 1 N–H and O–H groups in total. The van der Waals surface area contributed by atoms with Gasteiger partial charge in [-0.05, 0) is 65.1 Å². The van der Waals surface area contributed by atoms with Crippen LogP contribution in [0.5, 0.6) is 0 Å². The Balaban J connectivity index is 1.65. The van der Waals surface area contributed by atoms with Crippen molar-refractivity contribution in [1.29, 1.82) is 0 Å². The molecule has 3 nitrogen and oxygen atoms in total. The Morgan fingerprint density at radius 3 is 2.21 bits per heavy atom. The molecule has 0 amide bonds. The fourth-order valence-electron chi connectivity index (χ4n) is 4.41. The predicted molar refractivity (Wildman–Crippen MR) is 141 cm³/mol. The Kier molecular flexibility index (Phi) is 6.68. The van der Waals surface area contributed by atoms with Crippen LogP contribution >= 0.6 is 0 Å². The van der Waals surface area contributed by atoms with E-state index >= 15 is 0 Å². The summed E-state index contributed by atoms with van der Waals surface area (Å²) in [6, 6.07) is 27.4. The molecule has 0 bridgehead atoms. The highest BCUT2D eigenvalue weighted by atomic mass is 19.4. The van der Waals surface area contributed by atoms with E-state index in [1.54, 1.807) is 30.3 Å². The minimum atomic E-state index is -4.54. The minimum Gasteiger partial charge on any atom is -0.478 e. The molecule has 1 aromatic heterocycles. The van der Waals surface area contributed by atoms with Gasteiger partial charge in [-0.1, -0.05) is 72.5 Å². The van der Waals surface area contributed by atoms with Crippen molar-refractivity contribution in [2.75, 3.05) is 0 Å². The molecule has 0 saturated heterocycles. The monoisotopic (exact) mass is 507 g/mol. The van der Waals surface area contributed by atoms with E-state index in [-0.39, 0.29) is 11.1 Å². The van der Waals surface area contributed by atoms with Crippen molar-refractivity contribution in [1.82, 2.24) is 4.98 Å². The number of nitrogens with zero attached hydrogens (tertiary/aromatic N) is 1. The zero-order valence-electron chi connectivity index (χ0n) is 20.0. The molecule has 4 aromatic carbocycles. The summed E-state index contributed by atoms with van der Waals surface area (Å²) in [6.07, 6.45) is -2.52. The van der Waals surface area contributed by atoms with Crippen LogP contribution in [0.1, 0.15) is 38.2 Å². The van der Waals surface area contributed by atoms with Crippen molar-refractivity contribution in [3.05, 3.63) is 137 Å². The number of hydrogen-bond acceptors (Lipinski definition) is 2. The molecule has 0 fully saturated rings. The summed E-state index contributed by atoms with van der Waals surface area (Å²) >= 11 is 0. The number of alkyl halides is 3. The predicted octanol–water partition coefficient (Wildman–Crippen LogP) is 7.61. The van der Waals surface area contributed by atoms with Gasteiger partial charge in [-0.25, -0.2) is 4.79 Å². The summed E-state index contributed by atoms with van der Waals surface area (Å²) in [5, 5.41) is 9.63. The number of carboxylic acid groups (broad SMARTS) is 1. The Morgan fingerprint density at radius 1 is 0.816 bits per heavy atom. The number of rotatable bonds is 4. The second kappa shape index (κ2) is 10.2. The molecule has 6 heteroatoms. The van der Waals surface area contributed by atoms with E-state index in [2.05, 4.69) is 16.8 Å². The number of benzene rings is 4. The Morgan fingerprint density at radius 2 is 1.50 bits per heavy atom. The third-order valence-electron chi connectivity index (χ3n) is 6.13. The molecule has 186 valence electrons. The van der Waals surface area contributed by atoms with E-state index in [1.165, 1.54) is 24.4 Å². The van der Waals surface area contributed by atoms with E-state index in [1.807, 2.05) is 42.5 Å². The lowest BCUT2D eigenvalue weighted by Gasteiger charge is -2.16. The Bertz CT molecular complexity index is 1710.